The molecule has 0 saturated heterocycles. The Labute approximate surface area is 121 Å². The fourth-order valence-electron chi connectivity index (χ4n) is 1.61. The van der Waals surface area contributed by atoms with Crippen LogP contribution in [0, 0.1) is 0 Å². The quantitative estimate of drug-likeness (QED) is 0.848. The molecule has 0 saturated carbocycles. The van der Waals surface area contributed by atoms with Gasteiger partial charge in [-0.3, -0.25) is 4.79 Å². The Balaban J connectivity index is 2.39. The summed E-state index contributed by atoms with van der Waals surface area (Å²) in [6.07, 6.45) is 0. The molecule has 1 amide bonds. The fraction of sp³-hybridized carbons (Fsp3) is 0.0714. The summed E-state index contributed by atoms with van der Waals surface area (Å²) in [6, 6.07) is 9.52. The van der Waals surface area contributed by atoms with Crippen molar-refractivity contribution in [2.45, 2.75) is 0 Å². The van der Waals surface area contributed by atoms with Gasteiger partial charge in [0.1, 0.15) is 11.5 Å². The molecule has 0 heterocycles. The molecule has 0 bridgehead atoms. The number of carbonyl (C=O) groups excluding carboxylic acids is 1. The molecule has 0 aliphatic rings. The third kappa shape index (κ3) is 3.13. The summed E-state index contributed by atoms with van der Waals surface area (Å²) in [5.74, 6) is 0.651. The average molecular weight is 293 g/mol. The molecule has 2 aromatic carbocycles. The molecule has 104 valence electrons. The predicted octanol–water partition coefficient (Wildman–Crippen LogP) is 2.82. The van der Waals surface area contributed by atoms with Gasteiger partial charge in [0.2, 0.25) is 5.91 Å². The van der Waals surface area contributed by atoms with Crippen LogP contribution in [0.3, 0.4) is 0 Å². The van der Waals surface area contributed by atoms with E-state index in [1.165, 1.54) is 19.2 Å². The van der Waals surface area contributed by atoms with E-state index >= 15 is 0 Å². The molecule has 2 rings (SSSR count). The van der Waals surface area contributed by atoms with Crippen LogP contribution in [-0.2, 0) is 0 Å². The molecule has 0 atom stereocenters. The zero-order chi connectivity index (χ0) is 14.7. The summed E-state index contributed by atoms with van der Waals surface area (Å²) in [7, 11) is 1.48. The lowest BCUT2D eigenvalue weighted by atomic mass is 10.2. The number of rotatable bonds is 4. The number of anilines is 1. The Hall–Kier alpha value is -2.40. The standard InChI is InChI=1S/C14H13ClN2O3/c1-19-10-4-8(14(17)18)5-11(7-10)20-13-6-9(15)2-3-12(13)16/h2-7H,16H2,1H3,(H2,17,18). The van der Waals surface area contributed by atoms with Crippen molar-refractivity contribution >= 4 is 23.2 Å². The van der Waals surface area contributed by atoms with Gasteiger partial charge in [0, 0.05) is 22.7 Å². The van der Waals surface area contributed by atoms with Gasteiger partial charge >= 0.3 is 0 Å². The van der Waals surface area contributed by atoms with Crippen molar-refractivity contribution in [3.8, 4) is 17.2 Å². The molecule has 0 fully saturated rings. The molecule has 5 nitrogen and oxygen atoms in total. The molecule has 0 aromatic heterocycles. The molecule has 0 spiro atoms. The highest BCUT2D eigenvalue weighted by molar-refractivity contribution is 6.30. The lowest BCUT2D eigenvalue weighted by molar-refractivity contribution is 0.0999. The molecule has 6 heteroatoms. The Morgan fingerprint density at radius 2 is 1.85 bits per heavy atom. The van der Waals surface area contributed by atoms with Crippen molar-refractivity contribution in [3.05, 3.63) is 47.0 Å². The minimum atomic E-state index is -0.576. The molecule has 0 unspecified atom stereocenters. The summed E-state index contributed by atoms with van der Waals surface area (Å²) in [6.45, 7) is 0. The number of benzene rings is 2. The summed E-state index contributed by atoms with van der Waals surface area (Å²) >= 11 is 5.89. The fourth-order valence-corrected chi connectivity index (χ4v) is 1.78. The number of ether oxygens (including phenoxy) is 2. The van der Waals surface area contributed by atoms with Crippen LogP contribution in [0.2, 0.25) is 5.02 Å². The topological polar surface area (TPSA) is 87.6 Å². The van der Waals surface area contributed by atoms with Crippen LogP contribution in [0.15, 0.2) is 36.4 Å². The van der Waals surface area contributed by atoms with Crippen molar-refractivity contribution in [1.82, 2.24) is 0 Å². The van der Waals surface area contributed by atoms with E-state index in [2.05, 4.69) is 0 Å². The van der Waals surface area contributed by atoms with E-state index in [0.29, 0.717) is 28.0 Å². The Morgan fingerprint density at radius 1 is 1.15 bits per heavy atom. The second-order valence-electron chi connectivity index (χ2n) is 4.05. The highest BCUT2D eigenvalue weighted by Gasteiger charge is 2.09. The van der Waals surface area contributed by atoms with E-state index in [4.69, 9.17) is 32.5 Å². The third-order valence-electron chi connectivity index (χ3n) is 2.60. The number of carbonyl (C=O) groups is 1. The van der Waals surface area contributed by atoms with Crippen LogP contribution in [0.5, 0.6) is 17.2 Å². The summed E-state index contributed by atoms with van der Waals surface area (Å²) in [5.41, 5.74) is 11.8. The van der Waals surface area contributed by atoms with Gasteiger partial charge in [-0.15, -0.1) is 0 Å². The zero-order valence-electron chi connectivity index (χ0n) is 10.7. The van der Waals surface area contributed by atoms with E-state index in [1.807, 2.05) is 0 Å². The molecule has 0 radical (unpaired) electrons. The van der Waals surface area contributed by atoms with Crippen molar-refractivity contribution in [3.63, 3.8) is 0 Å². The smallest absolute Gasteiger partial charge is 0.248 e. The molecule has 4 N–H and O–H groups in total. The van der Waals surface area contributed by atoms with Crippen LogP contribution >= 0.6 is 11.6 Å². The van der Waals surface area contributed by atoms with E-state index in [0.717, 1.165) is 0 Å². The lowest BCUT2D eigenvalue weighted by Crippen LogP contribution is -2.11. The highest BCUT2D eigenvalue weighted by Crippen LogP contribution is 2.32. The average Bonchev–Trinajstić information content (AvgIpc) is 2.42. The minimum absolute atomic E-state index is 0.278. The van der Waals surface area contributed by atoms with Crippen LogP contribution in [0.25, 0.3) is 0 Å². The van der Waals surface area contributed by atoms with Crippen molar-refractivity contribution < 1.29 is 14.3 Å². The Morgan fingerprint density at radius 3 is 2.50 bits per heavy atom. The normalized spacial score (nSPS) is 10.1. The third-order valence-corrected chi connectivity index (χ3v) is 2.84. The first-order valence-corrected chi connectivity index (χ1v) is 6.09. The van der Waals surface area contributed by atoms with E-state index < -0.39 is 5.91 Å². The largest absolute Gasteiger partial charge is 0.497 e. The number of nitrogens with two attached hydrogens (primary N) is 2. The Bertz CT molecular complexity index is 659. The van der Waals surface area contributed by atoms with Gasteiger partial charge in [-0.1, -0.05) is 11.6 Å². The van der Waals surface area contributed by atoms with E-state index in [-0.39, 0.29) is 5.56 Å². The number of methoxy groups -OCH3 is 1. The van der Waals surface area contributed by atoms with Gasteiger partial charge in [-0.25, -0.2) is 0 Å². The van der Waals surface area contributed by atoms with Gasteiger partial charge in [0.15, 0.2) is 5.75 Å². The van der Waals surface area contributed by atoms with Crippen LogP contribution in [0.4, 0.5) is 5.69 Å². The van der Waals surface area contributed by atoms with Gasteiger partial charge < -0.3 is 20.9 Å². The number of primary amides is 1. The zero-order valence-corrected chi connectivity index (χ0v) is 11.5. The van der Waals surface area contributed by atoms with Crippen molar-refractivity contribution in [2.24, 2.45) is 5.73 Å². The number of nitrogen functional groups attached to an aromatic ring is 1. The minimum Gasteiger partial charge on any atom is -0.497 e. The second-order valence-corrected chi connectivity index (χ2v) is 4.48. The van der Waals surface area contributed by atoms with Crippen molar-refractivity contribution in [1.29, 1.82) is 0 Å². The molecule has 0 aliphatic carbocycles. The maximum atomic E-state index is 11.3. The molecule has 0 aliphatic heterocycles. The van der Waals surface area contributed by atoms with Crippen molar-refractivity contribution in [2.75, 3.05) is 12.8 Å². The van der Waals surface area contributed by atoms with Gasteiger partial charge in [-0.05, 0) is 24.3 Å². The van der Waals surface area contributed by atoms with Crippen LogP contribution in [-0.4, -0.2) is 13.0 Å². The number of amides is 1. The second kappa shape index (κ2) is 5.71. The van der Waals surface area contributed by atoms with Crippen LogP contribution < -0.4 is 20.9 Å². The predicted molar refractivity (Wildman–Crippen MR) is 77.5 cm³/mol. The first-order chi connectivity index (χ1) is 9.49. The molecular formula is C14H13ClN2O3. The van der Waals surface area contributed by atoms with E-state index in [9.17, 15) is 4.79 Å². The summed E-state index contributed by atoms with van der Waals surface area (Å²) in [4.78, 5) is 11.3. The maximum Gasteiger partial charge on any atom is 0.248 e. The van der Waals surface area contributed by atoms with Gasteiger partial charge in [0.25, 0.3) is 0 Å². The van der Waals surface area contributed by atoms with Gasteiger partial charge in [0.05, 0.1) is 12.8 Å². The number of halogens is 1. The molecule has 2 aromatic rings. The van der Waals surface area contributed by atoms with Gasteiger partial charge in [-0.2, -0.15) is 0 Å². The van der Waals surface area contributed by atoms with Crippen LogP contribution in [0.1, 0.15) is 10.4 Å². The SMILES string of the molecule is COc1cc(Oc2cc(Cl)ccc2N)cc(C(N)=O)c1. The first kappa shape index (κ1) is 14.0. The lowest BCUT2D eigenvalue weighted by Gasteiger charge is -2.11. The number of hydrogen-bond acceptors (Lipinski definition) is 4. The summed E-state index contributed by atoms with van der Waals surface area (Å²) < 4.78 is 10.7. The highest BCUT2D eigenvalue weighted by atomic mass is 35.5. The Kier molecular flexibility index (Phi) is 4.00. The monoisotopic (exact) mass is 292 g/mol. The first-order valence-electron chi connectivity index (χ1n) is 5.71. The van der Waals surface area contributed by atoms with E-state index in [1.54, 1.807) is 24.3 Å². The molecule has 20 heavy (non-hydrogen) atoms. The molecular weight excluding hydrogens is 280 g/mol. The number of hydrogen-bond donors (Lipinski definition) is 2. The maximum absolute atomic E-state index is 11.3. The summed E-state index contributed by atoms with van der Waals surface area (Å²) in [5, 5.41) is 0.493.